The molecule has 0 saturated carbocycles. The maximum atomic E-state index is 13.0. The number of thiol groups is 1. The van der Waals surface area contributed by atoms with Crippen LogP contribution < -0.4 is 4.74 Å². The lowest BCUT2D eigenvalue weighted by molar-refractivity contribution is 0.305. The zero-order chi connectivity index (χ0) is 20.1. The highest BCUT2D eigenvalue weighted by Crippen LogP contribution is 2.21. The monoisotopic (exact) mass is 412 g/mol. The predicted molar refractivity (Wildman–Crippen MR) is 110 cm³/mol. The molecule has 28 heavy (non-hydrogen) atoms. The lowest BCUT2D eigenvalue weighted by Crippen LogP contribution is -1.99. The van der Waals surface area contributed by atoms with Crippen LogP contribution in [0.5, 0.6) is 5.75 Å². The molecule has 0 aliphatic rings. The number of sulfone groups is 1. The van der Waals surface area contributed by atoms with E-state index in [0.717, 1.165) is 11.1 Å². The Kier molecular flexibility index (Phi) is 6.08. The van der Waals surface area contributed by atoms with Gasteiger partial charge in [0, 0.05) is 22.3 Å². The van der Waals surface area contributed by atoms with Gasteiger partial charge >= 0.3 is 0 Å². The first-order valence-corrected chi connectivity index (χ1v) is 10.7. The summed E-state index contributed by atoms with van der Waals surface area (Å²) in [5, 5.41) is 0. The minimum Gasteiger partial charge on any atom is -0.489 e. The molecule has 0 radical (unpaired) electrons. The average molecular weight is 413 g/mol. The fourth-order valence-corrected chi connectivity index (χ4v) is 3.31. The summed E-state index contributed by atoms with van der Waals surface area (Å²) < 4.78 is 41.8. The molecule has 0 amide bonds. The summed E-state index contributed by atoms with van der Waals surface area (Å²) in [6, 6.07) is 17.9. The number of benzene rings is 3. The van der Waals surface area contributed by atoms with Crippen LogP contribution in [0.1, 0.15) is 16.7 Å². The zero-order valence-electron chi connectivity index (χ0n) is 15.0. The molecule has 0 fully saturated rings. The third-order valence-electron chi connectivity index (χ3n) is 3.84. The summed E-state index contributed by atoms with van der Waals surface area (Å²) >= 11 is 4.38. The molecule has 0 aromatic heterocycles. The molecule has 3 aromatic rings. The number of hydrogen-bond acceptors (Lipinski definition) is 4. The molecule has 0 heterocycles. The van der Waals surface area contributed by atoms with E-state index in [4.69, 9.17) is 4.74 Å². The molecule has 0 bridgehead atoms. The summed E-state index contributed by atoms with van der Waals surface area (Å²) in [6.07, 6.45) is 1.17. The van der Waals surface area contributed by atoms with Gasteiger partial charge in [0.25, 0.3) is 0 Å². The normalized spacial score (nSPS) is 10.8. The Morgan fingerprint density at radius 3 is 2.21 bits per heavy atom. The minimum atomic E-state index is -3.22. The van der Waals surface area contributed by atoms with E-state index in [1.807, 2.05) is 6.07 Å². The van der Waals surface area contributed by atoms with Crippen molar-refractivity contribution in [3.05, 3.63) is 89.2 Å². The highest BCUT2D eigenvalue weighted by Gasteiger charge is 2.06. The average Bonchev–Trinajstić information content (AvgIpc) is 2.65. The fraction of sp³-hybridized carbons (Fsp3) is 0.0909. The second-order valence-electron chi connectivity index (χ2n) is 6.18. The van der Waals surface area contributed by atoms with Crippen molar-refractivity contribution < 1.29 is 17.5 Å². The molecule has 0 spiro atoms. The minimum absolute atomic E-state index is 0.270. The quantitative estimate of drug-likeness (QED) is 0.507. The smallest absolute Gasteiger partial charge is 0.175 e. The van der Waals surface area contributed by atoms with Gasteiger partial charge in [-0.3, -0.25) is 0 Å². The number of rotatable bonds is 4. The van der Waals surface area contributed by atoms with Gasteiger partial charge in [0.2, 0.25) is 0 Å². The maximum Gasteiger partial charge on any atom is 0.175 e. The fourth-order valence-electron chi connectivity index (χ4n) is 2.42. The van der Waals surface area contributed by atoms with Gasteiger partial charge in [-0.15, -0.1) is 12.6 Å². The van der Waals surface area contributed by atoms with E-state index in [-0.39, 0.29) is 17.3 Å². The highest BCUT2D eigenvalue weighted by molar-refractivity contribution is 7.90. The van der Waals surface area contributed by atoms with Crippen LogP contribution in [-0.4, -0.2) is 14.7 Å². The van der Waals surface area contributed by atoms with E-state index < -0.39 is 9.84 Å². The maximum absolute atomic E-state index is 13.0. The molecule has 0 N–H and O–H groups in total. The summed E-state index contributed by atoms with van der Waals surface area (Å²) in [6.45, 7) is 0.284. The van der Waals surface area contributed by atoms with Gasteiger partial charge in [0.1, 0.15) is 18.2 Å². The Balaban J connectivity index is 1.72. The number of halogens is 1. The molecular formula is C22H17FO3S2. The Labute approximate surface area is 169 Å². The van der Waals surface area contributed by atoms with Crippen molar-refractivity contribution in [2.24, 2.45) is 0 Å². The zero-order valence-corrected chi connectivity index (χ0v) is 16.7. The molecule has 3 nitrogen and oxygen atoms in total. The lowest BCUT2D eigenvalue weighted by Gasteiger charge is -2.08. The van der Waals surface area contributed by atoms with Crippen LogP contribution in [0.4, 0.5) is 4.39 Å². The van der Waals surface area contributed by atoms with Crippen molar-refractivity contribution in [1.29, 1.82) is 0 Å². The van der Waals surface area contributed by atoms with Crippen molar-refractivity contribution in [3.8, 4) is 17.6 Å². The van der Waals surface area contributed by atoms with E-state index in [0.29, 0.717) is 16.2 Å². The summed E-state index contributed by atoms with van der Waals surface area (Å²) in [4.78, 5) is 0.972. The lowest BCUT2D eigenvalue weighted by atomic mass is 10.1. The largest absolute Gasteiger partial charge is 0.489 e. The second-order valence-corrected chi connectivity index (χ2v) is 8.71. The number of ether oxygens (including phenoxy) is 1. The van der Waals surface area contributed by atoms with Crippen LogP contribution in [-0.2, 0) is 16.4 Å². The first-order valence-electron chi connectivity index (χ1n) is 8.33. The summed E-state index contributed by atoms with van der Waals surface area (Å²) in [7, 11) is -3.22. The van der Waals surface area contributed by atoms with Crippen LogP contribution >= 0.6 is 12.6 Å². The third-order valence-corrected chi connectivity index (χ3v) is 5.23. The summed E-state index contributed by atoms with van der Waals surface area (Å²) in [5.74, 6) is 6.29. The van der Waals surface area contributed by atoms with Crippen molar-refractivity contribution in [2.75, 3.05) is 6.26 Å². The van der Waals surface area contributed by atoms with E-state index in [9.17, 15) is 12.8 Å². The van der Waals surface area contributed by atoms with Crippen LogP contribution in [0.15, 0.2) is 76.5 Å². The third kappa shape index (κ3) is 5.62. The van der Waals surface area contributed by atoms with Crippen molar-refractivity contribution in [1.82, 2.24) is 0 Å². The topological polar surface area (TPSA) is 43.4 Å². The molecule has 0 aliphatic carbocycles. The van der Waals surface area contributed by atoms with Gasteiger partial charge in [-0.2, -0.15) is 0 Å². The molecule has 0 unspecified atom stereocenters. The molecule has 0 aliphatic heterocycles. The van der Waals surface area contributed by atoms with Gasteiger partial charge in [-0.25, -0.2) is 12.8 Å². The van der Waals surface area contributed by atoms with E-state index >= 15 is 0 Å². The predicted octanol–water partition coefficient (Wildman–Crippen LogP) is 4.50. The van der Waals surface area contributed by atoms with Crippen molar-refractivity contribution in [3.63, 3.8) is 0 Å². The van der Waals surface area contributed by atoms with Gasteiger partial charge in [-0.1, -0.05) is 24.0 Å². The van der Waals surface area contributed by atoms with Gasteiger partial charge in [0.05, 0.1) is 4.90 Å². The van der Waals surface area contributed by atoms with Gasteiger partial charge in [0.15, 0.2) is 9.84 Å². The van der Waals surface area contributed by atoms with E-state index in [1.165, 1.54) is 18.4 Å². The van der Waals surface area contributed by atoms with E-state index in [1.54, 1.807) is 48.5 Å². The molecule has 6 heteroatoms. The van der Waals surface area contributed by atoms with E-state index in [2.05, 4.69) is 24.5 Å². The molecule has 0 atom stereocenters. The summed E-state index contributed by atoms with van der Waals surface area (Å²) in [5.41, 5.74) is 2.27. The molecule has 3 rings (SSSR count). The van der Waals surface area contributed by atoms with Crippen molar-refractivity contribution >= 4 is 22.5 Å². The van der Waals surface area contributed by atoms with Crippen LogP contribution in [0, 0.1) is 17.7 Å². The molecule has 142 valence electrons. The molecule has 0 saturated heterocycles. The Bertz CT molecular complexity index is 1140. The Morgan fingerprint density at radius 2 is 1.57 bits per heavy atom. The SMILES string of the molecule is CS(=O)(=O)c1ccc(COc2cc(S)cc(C#Cc3ccc(F)cc3)c2)cc1. The Hall–Kier alpha value is -2.75. The first kappa shape index (κ1) is 20.0. The van der Waals surface area contributed by atoms with Gasteiger partial charge < -0.3 is 4.74 Å². The highest BCUT2D eigenvalue weighted by atomic mass is 32.2. The van der Waals surface area contributed by atoms with Crippen LogP contribution in [0.25, 0.3) is 0 Å². The second kappa shape index (κ2) is 8.51. The Morgan fingerprint density at radius 1 is 0.929 bits per heavy atom. The van der Waals surface area contributed by atoms with Crippen LogP contribution in [0.2, 0.25) is 0 Å². The first-order chi connectivity index (χ1) is 13.3. The molecular weight excluding hydrogens is 395 g/mol. The van der Waals surface area contributed by atoms with Crippen LogP contribution in [0.3, 0.4) is 0 Å². The molecule has 3 aromatic carbocycles. The number of hydrogen-bond donors (Lipinski definition) is 1. The standard InChI is InChI=1S/C22H17FO3S2/c1-28(24,25)22-10-6-17(7-11-22)15-26-20-12-18(13-21(27)14-20)3-2-16-4-8-19(23)9-5-16/h4-14,27H,15H2,1H3. The van der Waals surface area contributed by atoms with Gasteiger partial charge in [-0.05, 0) is 60.2 Å². The van der Waals surface area contributed by atoms with Crippen molar-refractivity contribution in [2.45, 2.75) is 16.4 Å².